The number of halogens is 1. The van der Waals surface area contributed by atoms with E-state index in [1.165, 1.54) is 18.7 Å². The van der Waals surface area contributed by atoms with Crippen molar-refractivity contribution in [2.45, 2.75) is 43.7 Å². The van der Waals surface area contributed by atoms with Crippen LogP contribution in [-0.4, -0.2) is 42.0 Å². The molecule has 5 heterocycles. The predicted molar refractivity (Wildman–Crippen MR) is 140 cm³/mol. The first-order valence-corrected chi connectivity index (χ1v) is 13.0. The van der Waals surface area contributed by atoms with Crippen molar-refractivity contribution in [3.05, 3.63) is 94.5 Å². The van der Waals surface area contributed by atoms with Gasteiger partial charge in [0.1, 0.15) is 5.71 Å². The molecule has 0 N–H and O–H groups in total. The lowest BCUT2D eigenvalue weighted by molar-refractivity contribution is -0.483. The van der Waals surface area contributed by atoms with Crippen LogP contribution in [0.1, 0.15) is 30.5 Å². The molecular formula is C29H20ClN3O7. The molecule has 5 atom stereocenters. The largest absolute Gasteiger partial charge is 0.310 e. The van der Waals surface area contributed by atoms with Crippen molar-refractivity contribution in [3.8, 4) is 0 Å². The average Bonchev–Trinajstić information content (AvgIpc) is 3.46. The first kappa shape index (κ1) is 23.9. The number of hydrogen-bond acceptors (Lipinski definition) is 8. The van der Waals surface area contributed by atoms with E-state index in [9.17, 15) is 14.4 Å². The summed E-state index contributed by atoms with van der Waals surface area (Å²) in [6.45, 7) is 2.68. The topological polar surface area (TPSA) is 107 Å². The van der Waals surface area contributed by atoms with Crippen molar-refractivity contribution in [3.63, 3.8) is 0 Å². The van der Waals surface area contributed by atoms with E-state index in [-0.39, 0.29) is 0 Å². The van der Waals surface area contributed by atoms with Gasteiger partial charge in [-0.05, 0) is 24.3 Å². The van der Waals surface area contributed by atoms with Crippen LogP contribution >= 0.6 is 11.6 Å². The molecule has 3 aromatic carbocycles. The number of carbonyl (C=O) groups is 3. The van der Waals surface area contributed by atoms with E-state index in [0.717, 1.165) is 4.90 Å². The Balaban J connectivity index is 1.40. The monoisotopic (exact) mass is 557 g/mol. The summed E-state index contributed by atoms with van der Waals surface area (Å²) in [6.07, 6.45) is -2.33. The zero-order valence-electron chi connectivity index (χ0n) is 21.2. The number of carbonyl (C=O) groups excluding carboxylic acids is 3. The molecule has 0 aliphatic carbocycles. The Morgan fingerprint density at radius 2 is 1.55 bits per heavy atom. The van der Waals surface area contributed by atoms with Gasteiger partial charge in [0.2, 0.25) is 29.3 Å². The van der Waals surface area contributed by atoms with E-state index >= 15 is 0 Å². The van der Waals surface area contributed by atoms with Gasteiger partial charge in [-0.2, -0.15) is 0 Å². The standard InChI is InChI=1S/C29H20ClN3O7/c1-15(34)32-21-9-5-3-7-19(21)27(25(32)36)28-20-8-4-6-10-22(20)33(16(2)35)29(28,40-27)38-24-23(31-26(37-24)39-28)17-11-13-18(30)14-12-17/h3-14,24,26H,1-2H3/t24-,26+,27?,28-,29-/m0/s1. The normalized spacial score (nSPS) is 32.6. The van der Waals surface area contributed by atoms with Gasteiger partial charge in [0, 0.05) is 35.6 Å². The zero-order chi connectivity index (χ0) is 27.6. The number of aliphatic imine (C=N–C) groups is 1. The summed E-state index contributed by atoms with van der Waals surface area (Å²) in [5.41, 5.74) is -0.851. The number of anilines is 2. The summed E-state index contributed by atoms with van der Waals surface area (Å²) in [5.74, 6) is -3.50. The Kier molecular flexibility index (Phi) is 4.56. The predicted octanol–water partition coefficient (Wildman–Crippen LogP) is 3.55. The SMILES string of the molecule is CC(=O)N1C(=O)C2(O[C@@]34O[C@@H]5O[C@@H](N=C5c5ccc(Cl)cc5)O[C@@]23c2ccccc2N4C(C)=O)c2ccccc21. The maximum Gasteiger partial charge on any atom is 0.301 e. The number of para-hydroxylation sites is 2. The van der Waals surface area contributed by atoms with Crippen molar-refractivity contribution in [1.29, 1.82) is 0 Å². The van der Waals surface area contributed by atoms with Crippen LogP contribution in [0.2, 0.25) is 5.02 Å². The van der Waals surface area contributed by atoms with Crippen LogP contribution in [0.25, 0.3) is 0 Å². The van der Waals surface area contributed by atoms with E-state index in [0.29, 0.717) is 38.8 Å². The Morgan fingerprint density at radius 1 is 0.875 bits per heavy atom. The minimum Gasteiger partial charge on any atom is -0.310 e. The van der Waals surface area contributed by atoms with Crippen molar-refractivity contribution in [2.24, 2.45) is 4.99 Å². The molecule has 5 aliphatic rings. The molecule has 3 aromatic rings. The van der Waals surface area contributed by atoms with Crippen LogP contribution in [0.3, 0.4) is 0 Å². The molecule has 40 heavy (non-hydrogen) atoms. The highest BCUT2D eigenvalue weighted by atomic mass is 35.5. The highest BCUT2D eigenvalue weighted by molar-refractivity contribution is 6.30. The van der Waals surface area contributed by atoms with E-state index in [4.69, 9.17) is 30.5 Å². The Bertz CT molecular complexity index is 1710. The van der Waals surface area contributed by atoms with Gasteiger partial charge in [-0.15, -0.1) is 0 Å². The molecule has 11 heteroatoms. The lowest BCUT2D eigenvalue weighted by atomic mass is 9.67. The lowest BCUT2D eigenvalue weighted by Crippen LogP contribution is -2.84. The first-order chi connectivity index (χ1) is 19.2. The van der Waals surface area contributed by atoms with Crippen molar-refractivity contribution in [1.82, 2.24) is 0 Å². The summed E-state index contributed by atoms with van der Waals surface area (Å²) in [6, 6.07) is 20.9. The van der Waals surface area contributed by atoms with Crippen LogP contribution in [0.4, 0.5) is 11.4 Å². The molecule has 2 bridgehead atoms. The summed E-state index contributed by atoms with van der Waals surface area (Å²) < 4.78 is 26.1. The number of imide groups is 1. The Morgan fingerprint density at radius 3 is 2.25 bits per heavy atom. The number of fused-ring (bicyclic) bond motifs is 5. The molecule has 1 spiro atoms. The van der Waals surface area contributed by atoms with Crippen molar-refractivity contribution >= 4 is 46.4 Å². The Hall–Kier alpha value is -3.93. The molecule has 3 amide bonds. The summed E-state index contributed by atoms with van der Waals surface area (Å²) in [4.78, 5) is 47.6. The van der Waals surface area contributed by atoms with E-state index in [1.54, 1.807) is 72.8 Å². The molecule has 0 saturated carbocycles. The van der Waals surface area contributed by atoms with Gasteiger partial charge in [0.05, 0.1) is 11.4 Å². The first-order valence-electron chi connectivity index (χ1n) is 12.6. The maximum absolute atomic E-state index is 14.4. The second-order valence-corrected chi connectivity index (χ2v) is 10.6. The molecule has 8 rings (SSSR count). The fourth-order valence-electron chi connectivity index (χ4n) is 6.71. The third kappa shape index (κ3) is 2.50. The number of hydrogen-bond donors (Lipinski definition) is 0. The highest BCUT2D eigenvalue weighted by Crippen LogP contribution is 2.75. The second-order valence-electron chi connectivity index (χ2n) is 10.1. The zero-order valence-corrected chi connectivity index (χ0v) is 21.9. The van der Waals surface area contributed by atoms with Gasteiger partial charge in [0.25, 0.3) is 12.3 Å². The molecule has 2 saturated heterocycles. The van der Waals surface area contributed by atoms with Crippen molar-refractivity contribution < 1.29 is 33.3 Å². The Labute approximate surface area is 232 Å². The molecular weight excluding hydrogens is 538 g/mol. The van der Waals surface area contributed by atoms with Crippen LogP contribution in [-0.2, 0) is 44.5 Å². The van der Waals surface area contributed by atoms with Crippen molar-refractivity contribution in [2.75, 3.05) is 9.80 Å². The number of amides is 3. The fraction of sp³-hybridized carbons (Fsp3) is 0.241. The van der Waals surface area contributed by atoms with Crippen LogP contribution in [0.15, 0.2) is 77.8 Å². The van der Waals surface area contributed by atoms with Gasteiger partial charge in [-0.25, -0.2) is 9.89 Å². The van der Waals surface area contributed by atoms with Gasteiger partial charge >= 0.3 is 5.91 Å². The van der Waals surface area contributed by atoms with Crippen LogP contribution in [0, 0.1) is 0 Å². The minimum absolute atomic E-state index is 0.367. The number of benzene rings is 3. The third-order valence-electron chi connectivity index (χ3n) is 8.10. The van der Waals surface area contributed by atoms with Crippen LogP contribution < -0.4 is 9.80 Å². The molecule has 10 nitrogen and oxygen atoms in total. The van der Waals surface area contributed by atoms with Crippen LogP contribution in [0.5, 0.6) is 0 Å². The smallest absolute Gasteiger partial charge is 0.301 e. The quantitative estimate of drug-likeness (QED) is 0.450. The minimum atomic E-state index is -1.95. The molecule has 0 radical (unpaired) electrons. The lowest BCUT2D eigenvalue weighted by Gasteiger charge is -2.63. The number of ether oxygens (including phenoxy) is 4. The van der Waals surface area contributed by atoms with E-state index in [1.807, 2.05) is 0 Å². The fourth-order valence-corrected chi connectivity index (χ4v) is 6.84. The molecule has 200 valence electrons. The molecule has 1 unspecified atom stereocenters. The van der Waals surface area contributed by atoms with E-state index in [2.05, 4.69) is 4.99 Å². The molecule has 5 aliphatic heterocycles. The van der Waals surface area contributed by atoms with Gasteiger partial charge in [-0.1, -0.05) is 60.1 Å². The average molecular weight is 558 g/mol. The second kappa shape index (κ2) is 7.62. The molecule has 2 fully saturated rings. The summed E-state index contributed by atoms with van der Waals surface area (Å²) >= 11 is 6.09. The number of nitrogens with zero attached hydrogens (tertiary/aromatic N) is 3. The highest BCUT2D eigenvalue weighted by Gasteiger charge is 2.93. The number of rotatable bonds is 1. The third-order valence-corrected chi connectivity index (χ3v) is 8.35. The van der Waals surface area contributed by atoms with Gasteiger partial charge in [0.15, 0.2) is 0 Å². The summed E-state index contributed by atoms with van der Waals surface area (Å²) in [5, 5.41) is 0.546. The maximum atomic E-state index is 14.4. The van der Waals surface area contributed by atoms with Gasteiger partial charge < -0.3 is 9.47 Å². The van der Waals surface area contributed by atoms with E-state index < -0.39 is 47.5 Å². The van der Waals surface area contributed by atoms with Gasteiger partial charge in [-0.3, -0.25) is 28.8 Å². The molecule has 0 aromatic heterocycles. The summed E-state index contributed by atoms with van der Waals surface area (Å²) in [7, 11) is 0.